The lowest BCUT2D eigenvalue weighted by Gasteiger charge is -2.54. The zero-order chi connectivity index (χ0) is 31.5. The molecule has 4 amide bonds. The second-order valence-electron chi connectivity index (χ2n) is 11.4. The van der Waals surface area contributed by atoms with E-state index in [2.05, 4.69) is 10.4 Å². The lowest BCUT2D eigenvalue weighted by atomic mass is 9.98. The highest BCUT2D eigenvalue weighted by Crippen LogP contribution is 2.30. The average Bonchev–Trinajstić information content (AvgIpc) is 3.46. The van der Waals surface area contributed by atoms with Gasteiger partial charge in [0.25, 0.3) is 0 Å². The first-order chi connectivity index (χ1) is 21.8. The Kier molecular flexibility index (Phi) is 8.52. The minimum atomic E-state index is -0.842. The molecule has 2 aliphatic heterocycles. The molecular weight excluding hydrogens is 570 g/mol. The van der Waals surface area contributed by atoms with Crippen LogP contribution in [0.3, 0.4) is 0 Å². The quantitative estimate of drug-likeness (QED) is 0.297. The molecule has 0 saturated carbocycles. The van der Waals surface area contributed by atoms with Crippen molar-refractivity contribution < 1.29 is 19.5 Å². The number of hydrazine groups is 1. The molecule has 2 fully saturated rings. The maximum Gasteiger partial charge on any atom is 0.334 e. The Hall–Kier alpha value is -5.16. The summed E-state index contributed by atoms with van der Waals surface area (Å²) in [5.41, 5.74) is 3.61. The van der Waals surface area contributed by atoms with Crippen molar-refractivity contribution in [2.45, 2.75) is 45.2 Å². The highest BCUT2D eigenvalue weighted by atomic mass is 16.3. The van der Waals surface area contributed by atoms with Crippen LogP contribution in [0, 0.1) is 0 Å². The molecule has 3 aromatic carbocycles. The van der Waals surface area contributed by atoms with E-state index < -0.39 is 12.2 Å². The number of phenolic OH excluding ortho intramolecular Hbond substituents is 1. The van der Waals surface area contributed by atoms with Gasteiger partial charge < -0.3 is 20.2 Å². The minimum Gasteiger partial charge on any atom is -0.508 e. The number of amides is 4. The molecule has 6 rings (SSSR count). The van der Waals surface area contributed by atoms with Gasteiger partial charge in [-0.05, 0) is 35.7 Å². The Morgan fingerprint density at radius 3 is 2.56 bits per heavy atom. The average molecular weight is 608 g/mol. The van der Waals surface area contributed by atoms with E-state index in [0.29, 0.717) is 13.1 Å². The predicted molar refractivity (Wildman–Crippen MR) is 169 cm³/mol. The van der Waals surface area contributed by atoms with Gasteiger partial charge in [-0.3, -0.25) is 14.3 Å². The molecule has 2 aliphatic rings. The Morgan fingerprint density at radius 1 is 1.02 bits per heavy atom. The van der Waals surface area contributed by atoms with Crippen LogP contribution in [0.4, 0.5) is 4.79 Å². The molecule has 0 radical (unpaired) electrons. The molecule has 1 aromatic heterocycles. The number of urea groups is 1. The summed E-state index contributed by atoms with van der Waals surface area (Å²) in [4.78, 5) is 45.0. The standard InChI is InChI=1S/C34H37N7O4/c1-3-4-17-39-32-26(20-36-39)11-8-12-27(32)21-38-22-30-40(29(33(38)44)18-24-13-15-28(42)16-14-24)31(43)23-37(2)41(30)34(45)35-19-25-9-6-5-7-10-25/h3-16,20,29-30,42H,17-19,21-23H2,1-2H3,(H,35,45)/b4-3+/t29-,30-/m0/s1. The van der Waals surface area contributed by atoms with Crippen LogP contribution in [0.5, 0.6) is 5.75 Å². The molecule has 3 heterocycles. The Morgan fingerprint density at radius 2 is 1.80 bits per heavy atom. The van der Waals surface area contributed by atoms with Crippen molar-refractivity contribution in [3.05, 3.63) is 108 Å². The monoisotopic (exact) mass is 607 g/mol. The summed E-state index contributed by atoms with van der Waals surface area (Å²) in [6.45, 7) is 3.26. The van der Waals surface area contributed by atoms with Crippen molar-refractivity contribution in [2.24, 2.45) is 0 Å². The van der Waals surface area contributed by atoms with E-state index in [1.807, 2.05) is 78.5 Å². The van der Waals surface area contributed by atoms with Gasteiger partial charge >= 0.3 is 6.03 Å². The molecule has 2 saturated heterocycles. The molecular formula is C34H37N7O4. The highest BCUT2D eigenvalue weighted by Gasteiger charge is 2.50. The lowest BCUT2D eigenvalue weighted by molar-refractivity contribution is -0.187. The van der Waals surface area contributed by atoms with Gasteiger partial charge in [0.2, 0.25) is 11.8 Å². The van der Waals surface area contributed by atoms with E-state index in [1.165, 1.54) is 0 Å². The SMILES string of the molecule is C/C=C/Cn1ncc2cccc(CN3C[C@H]4N(C(=O)CN(C)N4C(=O)NCc4ccccc4)[C@@H](Cc4ccc(O)cc4)C3=O)c21. The van der Waals surface area contributed by atoms with Crippen LogP contribution in [0.15, 0.2) is 91.1 Å². The zero-order valence-electron chi connectivity index (χ0n) is 25.4. The van der Waals surface area contributed by atoms with Crippen LogP contribution >= 0.6 is 0 Å². The van der Waals surface area contributed by atoms with Crippen molar-refractivity contribution >= 4 is 28.7 Å². The number of para-hydroxylation sites is 1. The fourth-order valence-corrected chi connectivity index (χ4v) is 6.25. The van der Waals surface area contributed by atoms with Crippen LogP contribution < -0.4 is 5.32 Å². The topological polar surface area (TPSA) is 114 Å². The van der Waals surface area contributed by atoms with E-state index in [0.717, 1.165) is 27.6 Å². The fraction of sp³-hybridized carbons (Fsp3) is 0.294. The van der Waals surface area contributed by atoms with E-state index in [1.54, 1.807) is 51.1 Å². The Bertz CT molecular complexity index is 1720. The van der Waals surface area contributed by atoms with Crippen LogP contribution in [-0.4, -0.2) is 84.9 Å². The number of benzene rings is 3. The molecule has 0 spiro atoms. The normalized spacial score (nSPS) is 19.0. The van der Waals surface area contributed by atoms with Crippen molar-refractivity contribution in [1.82, 2.24) is 34.9 Å². The number of aromatic nitrogens is 2. The van der Waals surface area contributed by atoms with Gasteiger partial charge in [0.15, 0.2) is 0 Å². The third-order valence-electron chi connectivity index (χ3n) is 8.42. The molecule has 0 aliphatic carbocycles. The number of piperazine rings is 1. The molecule has 2 atom stereocenters. The maximum absolute atomic E-state index is 14.3. The first kappa shape index (κ1) is 29.9. The zero-order valence-corrected chi connectivity index (χ0v) is 25.4. The van der Waals surface area contributed by atoms with Crippen LogP contribution in [0.2, 0.25) is 0 Å². The van der Waals surface area contributed by atoms with Crippen molar-refractivity contribution in [2.75, 3.05) is 20.1 Å². The second kappa shape index (κ2) is 12.8. The van der Waals surface area contributed by atoms with Crippen LogP contribution in [0.25, 0.3) is 10.9 Å². The van der Waals surface area contributed by atoms with Crippen molar-refractivity contribution in [3.8, 4) is 5.75 Å². The number of aromatic hydroxyl groups is 1. The number of likely N-dealkylation sites (N-methyl/N-ethyl adjacent to an activating group) is 1. The van der Waals surface area contributed by atoms with Gasteiger partial charge in [0.05, 0.1) is 31.3 Å². The smallest absolute Gasteiger partial charge is 0.334 e. The lowest BCUT2D eigenvalue weighted by Crippen LogP contribution is -2.76. The van der Waals surface area contributed by atoms with Gasteiger partial charge in [-0.2, -0.15) is 5.10 Å². The summed E-state index contributed by atoms with van der Waals surface area (Å²) in [7, 11) is 1.72. The second-order valence-corrected chi connectivity index (χ2v) is 11.4. The number of hydrogen-bond acceptors (Lipinski definition) is 6. The first-order valence-corrected chi connectivity index (χ1v) is 15.1. The van der Waals surface area contributed by atoms with E-state index in [4.69, 9.17) is 0 Å². The number of fused-ring (bicyclic) bond motifs is 2. The number of carbonyl (C=O) groups is 3. The van der Waals surface area contributed by atoms with E-state index in [9.17, 15) is 19.5 Å². The fourth-order valence-electron chi connectivity index (χ4n) is 6.25. The molecule has 11 nitrogen and oxygen atoms in total. The van der Waals surface area contributed by atoms with Crippen LogP contribution in [0.1, 0.15) is 23.6 Å². The number of phenols is 1. The largest absolute Gasteiger partial charge is 0.508 e. The summed E-state index contributed by atoms with van der Waals surface area (Å²) in [6.07, 6.45) is 5.34. The molecule has 0 unspecified atom stereocenters. The Labute approximate surface area is 261 Å². The van der Waals surface area contributed by atoms with Crippen molar-refractivity contribution in [3.63, 3.8) is 0 Å². The molecule has 2 N–H and O–H groups in total. The molecule has 0 bridgehead atoms. The summed E-state index contributed by atoms with van der Waals surface area (Å²) < 4.78 is 1.92. The summed E-state index contributed by atoms with van der Waals surface area (Å²) in [5, 5.41) is 21.6. The van der Waals surface area contributed by atoms with Gasteiger partial charge in [-0.15, -0.1) is 0 Å². The third kappa shape index (κ3) is 6.12. The van der Waals surface area contributed by atoms with E-state index >= 15 is 0 Å². The molecule has 232 valence electrons. The first-order valence-electron chi connectivity index (χ1n) is 15.1. The van der Waals surface area contributed by atoms with Gasteiger partial charge in [-0.25, -0.2) is 14.8 Å². The highest BCUT2D eigenvalue weighted by molar-refractivity contribution is 5.92. The number of nitrogens with zero attached hydrogens (tertiary/aromatic N) is 6. The minimum absolute atomic E-state index is 0.0436. The van der Waals surface area contributed by atoms with Crippen LogP contribution in [-0.2, 0) is 35.6 Å². The number of allylic oxidation sites excluding steroid dienone is 2. The summed E-state index contributed by atoms with van der Waals surface area (Å²) in [5.74, 6) is -0.302. The van der Waals surface area contributed by atoms with Gasteiger partial charge in [-0.1, -0.05) is 72.8 Å². The van der Waals surface area contributed by atoms with Gasteiger partial charge in [0, 0.05) is 31.9 Å². The molecule has 45 heavy (non-hydrogen) atoms. The third-order valence-corrected chi connectivity index (χ3v) is 8.42. The number of nitrogens with one attached hydrogen (secondary N) is 1. The maximum atomic E-state index is 14.3. The summed E-state index contributed by atoms with van der Waals surface area (Å²) >= 11 is 0. The van der Waals surface area contributed by atoms with Crippen molar-refractivity contribution in [1.29, 1.82) is 0 Å². The number of rotatable bonds is 8. The number of carbonyl (C=O) groups excluding carboxylic acids is 3. The van der Waals surface area contributed by atoms with E-state index in [-0.39, 0.29) is 49.7 Å². The Balaban J connectivity index is 1.35. The van der Waals surface area contributed by atoms with Gasteiger partial charge in [0.1, 0.15) is 18.0 Å². The predicted octanol–water partition coefficient (Wildman–Crippen LogP) is 3.50. The molecule has 11 heteroatoms. The number of hydrogen-bond donors (Lipinski definition) is 2. The summed E-state index contributed by atoms with van der Waals surface area (Å²) in [6, 6.07) is 21.0. The molecule has 4 aromatic rings.